The van der Waals surface area contributed by atoms with Gasteiger partial charge in [0.25, 0.3) is 0 Å². The summed E-state index contributed by atoms with van der Waals surface area (Å²) in [7, 11) is 0. The first-order valence-corrected chi connectivity index (χ1v) is 9.26. The summed E-state index contributed by atoms with van der Waals surface area (Å²) in [5, 5.41) is 12.3. The van der Waals surface area contributed by atoms with Crippen molar-refractivity contribution < 1.29 is 0 Å². The van der Waals surface area contributed by atoms with Crippen LogP contribution in [-0.2, 0) is 25.9 Å². The van der Waals surface area contributed by atoms with Crippen molar-refractivity contribution in [2.45, 2.75) is 56.6 Å². The molecule has 0 radical (unpaired) electrons. The van der Waals surface area contributed by atoms with Gasteiger partial charge in [0, 0.05) is 23.9 Å². The third-order valence-corrected chi connectivity index (χ3v) is 5.10. The lowest BCUT2D eigenvalue weighted by molar-refractivity contribution is 0.477. The van der Waals surface area contributed by atoms with Gasteiger partial charge in [0.2, 0.25) is 0 Å². The highest BCUT2D eigenvalue weighted by atomic mass is 32.2. The van der Waals surface area contributed by atoms with Crippen LogP contribution in [0.2, 0.25) is 0 Å². The predicted octanol–water partition coefficient (Wildman–Crippen LogP) is 3.06. The number of nitrogens with zero attached hydrogens (tertiary/aromatic N) is 3. The molecule has 3 rings (SSSR count). The van der Waals surface area contributed by atoms with E-state index in [4.69, 9.17) is 0 Å². The number of hydrogen-bond donors (Lipinski definition) is 1. The molecular formula is C17H24N4S. The maximum Gasteiger partial charge on any atom is 0.147 e. The lowest BCUT2D eigenvalue weighted by atomic mass is 10.1. The molecule has 0 spiro atoms. The molecule has 0 aliphatic carbocycles. The minimum absolute atomic E-state index is 0.421. The first-order valence-electron chi connectivity index (χ1n) is 8.04. The second-order valence-electron chi connectivity index (χ2n) is 5.94. The Morgan fingerprint density at radius 3 is 3.00 bits per heavy atom. The van der Waals surface area contributed by atoms with E-state index in [9.17, 15) is 0 Å². The molecular weight excluding hydrogens is 292 g/mol. The molecule has 0 fully saturated rings. The average Bonchev–Trinajstić information content (AvgIpc) is 2.97. The number of hydrogen-bond acceptors (Lipinski definition) is 4. The summed E-state index contributed by atoms with van der Waals surface area (Å²) in [6, 6.07) is 9.07. The normalized spacial score (nSPS) is 15.5. The minimum Gasteiger partial charge on any atom is -0.314 e. The number of aromatic nitrogens is 3. The zero-order chi connectivity index (χ0) is 15.4. The summed E-state index contributed by atoms with van der Waals surface area (Å²) < 4.78 is 2.29. The molecule has 22 heavy (non-hydrogen) atoms. The number of nitrogens with one attached hydrogen (secondary N) is 1. The van der Waals surface area contributed by atoms with Gasteiger partial charge in [-0.15, -0.1) is 22.0 Å². The van der Waals surface area contributed by atoms with Crippen molar-refractivity contribution in [3.63, 3.8) is 0 Å². The van der Waals surface area contributed by atoms with Gasteiger partial charge in [-0.2, -0.15) is 0 Å². The van der Waals surface area contributed by atoms with Gasteiger partial charge >= 0.3 is 0 Å². The Bertz CT molecular complexity index is 623. The second kappa shape index (κ2) is 7.29. The van der Waals surface area contributed by atoms with E-state index < -0.39 is 0 Å². The van der Waals surface area contributed by atoms with Crippen molar-refractivity contribution in [2.75, 3.05) is 6.26 Å². The fourth-order valence-electron chi connectivity index (χ4n) is 3.04. The van der Waals surface area contributed by atoms with Gasteiger partial charge in [-0.3, -0.25) is 0 Å². The van der Waals surface area contributed by atoms with Crippen LogP contribution in [0.5, 0.6) is 0 Å². The summed E-state index contributed by atoms with van der Waals surface area (Å²) in [5.74, 6) is 2.24. The molecule has 118 valence electrons. The molecule has 2 heterocycles. The SMILES string of the molecule is CSc1ccccc1C[C@@H](C)NCc1nnc2n1CCCC2. The molecule has 1 aliphatic heterocycles. The largest absolute Gasteiger partial charge is 0.314 e. The topological polar surface area (TPSA) is 42.7 Å². The van der Waals surface area contributed by atoms with Crippen molar-refractivity contribution in [1.82, 2.24) is 20.1 Å². The Hall–Kier alpha value is -1.33. The van der Waals surface area contributed by atoms with Gasteiger partial charge in [0.1, 0.15) is 11.6 Å². The first kappa shape index (κ1) is 15.6. The summed E-state index contributed by atoms with van der Waals surface area (Å²) in [6.07, 6.45) is 6.74. The minimum atomic E-state index is 0.421. The fraction of sp³-hybridized carbons (Fsp3) is 0.529. The van der Waals surface area contributed by atoms with E-state index in [2.05, 4.69) is 57.5 Å². The number of fused-ring (bicyclic) bond motifs is 1. The number of thioether (sulfide) groups is 1. The monoisotopic (exact) mass is 316 g/mol. The standard InChI is InChI=1S/C17H24N4S/c1-13(11-14-7-3-4-8-15(14)22-2)18-12-17-20-19-16-9-5-6-10-21(16)17/h3-4,7-8,13,18H,5-6,9-12H2,1-2H3/t13-/m1/s1. The number of aryl methyl sites for hydroxylation is 1. The van der Waals surface area contributed by atoms with E-state index in [1.165, 1.54) is 23.3 Å². The van der Waals surface area contributed by atoms with E-state index in [0.29, 0.717) is 6.04 Å². The molecule has 0 saturated heterocycles. The van der Waals surface area contributed by atoms with Crippen LogP contribution < -0.4 is 5.32 Å². The van der Waals surface area contributed by atoms with Gasteiger partial charge in [-0.25, -0.2) is 0 Å². The van der Waals surface area contributed by atoms with E-state index in [1.807, 2.05) is 11.8 Å². The van der Waals surface area contributed by atoms with Crippen LogP contribution in [0, 0.1) is 0 Å². The fourth-order valence-corrected chi connectivity index (χ4v) is 3.67. The molecule has 0 bridgehead atoms. The Morgan fingerprint density at radius 1 is 1.27 bits per heavy atom. The molecule has 1 N–H and O–H groups in total. The van der Waals surface area contributed by atoms with Crippen LogP contribution in [0.15, 0.2) is 29.2 Å². The van der Waals surface area contributed by atoms with Crippen LogP contribution in [0.4, 0.5) is 0 Å². The summed E-state index contributed by atoms with van der Waals surface area (Å²) in [4.78, 5) is 1.37. The quantitative estimate of drug-likeness (QED) is 0.832. The van der Waals surface area contributed by atoms with E-state index >= 15 is 0 Å². The van der Waals surface area contributed by atoms with E-state index in [0.717, 1.165) is 37.6 Å². The van der Waals surface area contributed by atoms with Crippen molar-refractivity contribution in [2.24, 2.45) is 0 Å². The Kier molecular flexibility index (Phi) is 5.16. The molecule has 1 aromatic heterocycles. The van der Waals surface area contributed by atoms with Gasteiger partial charge in [0.15, 0.2) is 0 Å². The maximum atomic E-state index is 4.36. The third-order valence-electron chi connectivity index (χ3n) is 4.26. The lowest BCUT2D eigenvalue weighted by Gasteiger charge is -2.18. The summed E-state index contributed by atoms with van der Waals surface area (Å²) >= 11 is 1.82. The maximum absolute atomic E-state index is 4.36. The average molecular weight is 316 g/mol. The Morgan fingerprint density at radius 2 is 2.14 bits per heavy atom. The van der Waals surface area contributed by atoms with E-state index in [-0.39, 0.29) is 0 Å². The van der Waals surface area contributed by atoms with E-state index in [1.54, 1.807) is 0 Å². The Balaban J connectivity index is 1.58. The second-order valence-corrected chi connectivity index (χ2v) is 6.79. The highest BCUT2D eigenvalue weighted by Crippen LogP contribution is 2.21. The highest BCUT2D eigenvalue weighted by Gasteiger charge is 2.16. The Labute approximate surface area is 136 Å². The highest BCUT2D eigenvalue weighted by molar-refractivity contribution is 7.98. The van der Waals surface area contributed by atoms with Gasteiger partial charge in [0.05, 0.1) is 6.54 Å². The predicted molar refractivity (Wildman–Crippen MR) is 91.2 cm³/mol. The smallest absolute Gasteiger partial charge is 0.147 e. The van der Waals surface area contributed by atoms with Gasteiger partial charge in [-0.05, 0) is 44.1 Å². The van der Waals surface area contributed by atoms with Gasteiger partial charge < -0.3 is 9.88 Å². The van der Waals surface area contributed by atoms with Crippen LogP contribution >= 0.6 is 11.8 Å². The van der Waals surface area contributed by atoms with Crippen molar-refractivity contribution in [1.29, 1.82) is 0 Å². The van der Waals surface area contributed by atoms with Crippen LogP contribution in [0.25, 0.3) is 0 Å². The molecule has 2 aromatic rings. The molecule has 0 saturated carbocycles. The van der Waals surface area contributed by atoms with Crippen molar-refractivity contribution in [3.8, 4) is 0 Å². The molecule has 5 heteroatoms. The summed E-state index contributed by atoms with van der Waals surface area (Å²) in [5.41, 5.74) is 1.42. The lowest BCUT2D eigenvalue weighted by Crippen LogP contribution is -2.29. The van der Waals surface area contributed by atoms with Crippen LogP contribution in [0.3, 0.4) is 0 Å². The first-order chi connectivity index (χ1) is 10.8. The molecule has 1 aromatic carbocycles. The summed E-state index contributed by atoms with van der Waals surface area (Å²) in [6.45, 7) is 4.11. The molecule has 1 atom stereocenters. The van der Waals surface area contributed by atoms with Crippen LogP contribution in [0.1, 0.15) is 37.0 Å². The zero-order valence-corrected chi connectivity index (χ0v) is 14.2. The van der Waals surface area contributed by atoms with Gasteiger partial charge in [-0.1, -0.05) is 18.2 Å². The number of rotatable bonds is 6. The third kappa shape index (κ3) is 3.52. The zero-order valence-electron chi connectivity index (χ0n) is 13.4. The van der Waals surface area contributed by atoms with Crippen LogP contribution in [-0.4, -0.2) is 27.1 Å². The number of benzene rings is 1. The molecule has 1 aliphatic rings. The molecule has 0 unspecified atom stereocenters. The molecule has 4 nitrogen and oxygen atoms in total. The molecule has 0 amide bonds. The van der Waals surface area contributed by atoms with Crippen molar-refractivity contribution >= 4 is 11.8 Å². The van der Waals surface area contributed by atoms with Crippen molar-refractivity contribution in [3.05, 3.63) is 41.5 Å².